The second-order valence-corrected chi connectivity index (χ2v) is 7.94. The van der Waals surface area contributed by atoms with Crippen LogP contribution in [0, 0.1) is 5.92 Å². The first-order valence-electron chi connectivity index (χ1n) is 7.34. The lowest BCUT2D eigenvalue weighted by atomic mass is 9.93. The first-order chi connectivity index (χ1) is 10.1. The summed E-state index contributed by atoms with van der Waals surface area (Å²) in [6, 6.07) is 2.07. The molecule has 0 radical (unpaired) electrons. The van der Waals surface area contributed by atoms with E-state index in [9.17, 15) is 9.59 Å². The molecule has 3 rings (SSSR count). The number of nitrogens with zero attached hydrogens (tertiary/aromatic N) is 1. The van der Waals surface area contributed by atoms with Gasteiger partial charge in [0.05, 0.1) is 4.88 Å². The zero-order valence-corrected chi connectivity index (χ0v) is 13.5. The van der Waals surface area contributed by atoms with Crippen LogP contribution >= 0.6 is 23.1 Å². The van der Waals surface area contributed by atoms with E-state index >= 15 is 0 Å². The molecule has 2 aliphatic heterocycles. The third kappa shape index (κ3) is 3.43. The van der Waals surface area contributed by atoms with Gasteiger partial charge < -0.3 is 10.0 Å². The summed E-state index contributed by atoms with van der Waals surface area (Å²) in [5, 5.41) is 8.83. The van der Waals surface area contributed by atoms with Crippen molar-refractivity contribution in [3.63, 3.8) is 0 Å². The third-order valence-electron chi connectivity index (χ3n) is 4.20. The molecule has 114 valence electrons. The highest BCUT2D eigenvalue weighted by molar-refractivity contribution is 7.98. The molecule has 1 fully saturated rings. The van der Waals surface area contributed by atoms with Crippen LogP contribution in [0.5, 0.6) is 0 Å². The number of amides is 1. The maximum Gasteiger partial charge on any atom is 0.303 e. The number of aliphatic carboxylic acids is 1. The summed E-state index contributed by atoms with van der Waals surface area (Å²) in [6.07, 6.45) is 2.92. The van der Waals surface area contributed by atoms with E-state index in [0.717, 1.165) is 35.6 Å². The van der Waals surface area contributed by atoms with Gasteiger partial charge in [0.2, 0.25) is 0 Å². The monoisotopic (exact) mass is 325 g/mol. The van der Waals surface area contributed by atoms with Crippen molar-refractivity contribution in [2.75, 3.05) is 18.8 Å². The highest BCUT2D eigenvalue weighted by Gasteiger charge is 2.27. The summed E-state index contributed by atoms with van der Waals surface area (Å²) in [4.78, 5) is 27.4. The lowest BCUT2D eigenvalue weighted by Crippen LogP contribution is -2.38. The number of carbonyl (C=O) groups excluding carboxylic acids is 1. The molecule has 1 amide bonds. The predicted octanol–water partition coefficient (Wildman–Crippen LogP) is 2.86. The van der Waals surface area contributed by atoms with Gasteiger partial charge in [0.15, 0.2) is 0 Å². The Bertz CT molecular complexity index is 524. The Balaban J connectivity index is 1.61. The number of hydrogen-bond acceptors (Lipinski definition) is 4. The van der Waals surface area contributed by atoms with E-state index in [1.165, 1.54) is 10.4 Å². The van der Waals surface area contributed by atoms with Crippen LogP contribution in [0.15, 0.2) is 6.07 Å². The van der Waals surface area contributed by atoms with E-state index in [0.29, 0.717) is 13.1 Å². The van der Waals surface area contributed by atoms with Gasteiger partial charge in [-0.2, -0.15) is 11.8 Å². The molecule has 0 saturated carbocycles. The lowest BCUT2D eigenvalue weighted by Gasteiger charge is -2.31. The lowest BCUT2D eigenvalue weighted by molar-refractivity contribution is -0.138. The molecule has 0 atom stereocenters. The van der Waals surface area contributed by atoms with Crippen molar-refractivity contribution in [3.8, 4) is 0 Å². The van der Waals surface area contributed by atoms with Crippen LogP contribution in [0.1, 0.15) is 39.4 Å². The predicted molar refractivity (Wildman–Crippen MR) is 85.1 cm³/mol. The molecule has 2 aliphatic rings. The average molecular weight is 325 g/mol. The molecule has 0 aliphatic carbocycles. The maximum atomic E-state index is 12.6. The Labute approximate surface area is 132 Å². The van der Waals surface area contributed by atoms with Crippen LogP contribution in [-0.4, -0.2) is 40.7 Å². The largest absolute Gasteiger partial charge is 0.481 e. The topological polar surface area (TPSA) is 57.6 Å². The van der Waals surface area contributed by atoms with E-state index in [1.807, 2.05) is 16.7 Å². The number of aryl methyl sites for hydroxylation is 1. The van der Waals surface area contributed by atoms with Crippen molar-refractivity contribution < 1.29 is 14.7 Å². The minimum Gasteiger partial charge on any atom is -0.481 e. The first kappa shape index (κ1) is 14.9. The molecule has 1 N–H and O–H groups in total. The zero-order chi connectivity index (χ0) is 14.8. The summed E-state index contributed by atoms with van der Waals surface area (Å²) in [5.41, 5.74) is 1.33. The molecular formula is C15H19NO3S2. The molecule has 0 bridgehead atoms. The van der Waals surface area contributed by atoms with Crippen molar-refractivity contribution >= 4 is 35.0 Å². The van der Waals surface area contributed by atoms with E-state index < -0.39 is 5.97 Å². The smallest absolute Gasteiger partial charge is 0.303 e. The number of hydrogen-bond donors (Lipinski definition) is 1. The van der Waals surface area contributed by atoms with Crippen molar-refractivity contribution in [2.45, 2.75) is 31.4 Å². The molecule has 21 heavy (non-hydrogen) atoms. The number of carboxylic acid groups (broad SMARTS) is 1. The summed E-state index contributed by atoms with van der Waals surface area (Å²) < 4.78 is 0. The van der Waals surface area contributed by atoms with Gasteiger partial charge in [0.1, 0.15) is 0 Å². The Morgan fingerprint density at radius 2 is 2.10 bits per heavy atom. The summed E-state index contributed by atoms with van der Waals surface area (Å²) in [6.45, 7) is 1.38. The standard InChI is InChI=1S/C15H19NO3S2/c17-14(18)7-10-1-4-16(5-2-10)15(19)13-8-11-9-20-6-3-12(11)21-13/h8,10H,1-7,9H2,(H,17,18). The fraction of sp³-hybridized carbons (Fsp3) is 0.600. The number of piperidine rings is 1. The van der Waals surface area contributed by atoms with Crippen molar-refractivity contribution in [1.29, 1.82) is 0 Å². The second kappa shape index (κ2) is 6.40. The number of thiophene rings is 1. The molecule has 3 heterocycles. The van der Waals surface area contributed by atoms with Crippen molar-refractivity contribution in [1.82, 2.24) is 4.90 Å². The van der Waals surface area contributed by atoms with Crippen molar-refractivity contribution in [2.24, 2.45) is 5.92 Å². The molecule has 1 aromatic rings. The highest BCUT2D eigenvalue weighted by Crippen LogP contribution is 2.33. The molecule has 4 nitrogen and oxygen atoms in total. The van der Waals surface area contributed by atoms with E-state index in [-0.39, 0.29) is 18.2 Å². The zero-order valence-electron chi connectivity index (χ0n) is 11.8. The number of fused-ring (bicyclic) bond motifs is 1. The van der Waals surface area contributed by atoms with E-state index in [4.69, 9.17) is 5.11 Å². The first-order valence-corrected chi connectivity index (χ1v) is 9.31. The molecular weight excluding hydrogens is 306 g/mol. The second-order valence-electron chi connectivity index (χ2n) is 5.70. The van der Waals surface area contributed by atoms with Crippen LogP contribution in [0.3, 0.4) is 0 Å². The van der Waals surface area contributed by atoms with Gasteiger partial charge in [0.25, 0.3) is 5.91 Å². The number of likely N-dealkylation sites (tertiary alicyclic amines) is 1. The molecule has 1 aromatic heterocycles. The number of carboxylic acids is 1. The van der Waals surface area contributed by atoms with E-state index in [1.54, 1.807) is 11.3 Å². The summed E-state index contributed by atoms with van der Waals surface area (Å²) in [5.74, 6) is 1.80. The summed E-state index contributed by atoms with van der Waals surface area (Å²) in [7, 11) is 0. The normalized spacial score (nSPS) is 19.3. The Morgan fingerprint density at radius 3 is 2.76 bits per heavy atom. The maximum absolute atomic E-state index is 12.6. The Kier molecular flexibility index (Phi) is 4.54. The van der Waals surface area contributed by atoms with Gasteiger partial charge in [-0.25, -0.2) is 0 Å². The van der Waals surface area contributed by atoms with Gasteiger partial charge in [-0.1, -0.05) is 0 Å². The Hall–Kier alpha value is -1.01. The van der Waals surface area contributed by atoms with Gasteiger partial charge in [-0.15, -0.1) is 11.3 Å². The molecule has 0 aromatic carbocycles. The number of rotatable bonds is 3. The van der Waals surface area contributed by atoms with Gasteiger partial charge in [-0.3, -0.25) is 9.59 Å². The fourth-order valence-corrected chi connectivity index (χ4v) is 5.34. The van der Waals surface area contributed by atoms with Gasteiger partial charge in [-0.05, 0) is 42.6 Å². The fourth-order valence-electron chi connectivity index (χ4n) is 3.00. The molecule has 6 heteroatoms. The minimum absolute atomic E-state index is 0.133. The van der Waals surface area contributed by atoms with Gasteiger partial charge in [0, 0.05) is 30.1 Å². The average Bonchev–Trinajstić information content (AvgIpc) is 2.90. The summed E-state index contributed by atoms with van der Waals surface area (Å²) >= 11 is 3.58. The van der Waals surface area contributed by atoms with Crippen molar-refractivity contribution in [3.05, 3.63) is 21.4 Å². The van der Waals surface area contributed by atoms with E-state index in [2.05, 4.69) is 6.07 Å². The van der Waals surface area contributed by atoms with Crippen LogP contribution in [-0.2, 0) is 17.0 Å². The SMILES string of the molecule is O=C(O)CC1CCN(C(=O)c2cc3c(s2)CCSC3)CC1. The highest BCUT2D eigenvalue weighted by atomic mass is 32.2. The van der Waals surface area contributed by atoms with Gasteiger partial charge >= 0.3 is 5.97 Å². The molecule has 0 unspecified atom stereocenters. The quantitative estimate of drug-likeness (QED) is 0.928. The number of thioether (sulfide) groups is 1. The van der Waals surface area contributed by atoms with Crippen LogP contribution in [0.25, 0.3) is 0 Å². The molecule has 0 spiro atoms. The number of carbonyl (C=O) groups is 2. The Morgan fingerprint density at radius 1 is 1.33 bits per heavy atom. The third-order valence-corrected chi connectivity index (χ3v) is 6.44. The molecule has 1 saturated heterocycles. The van der Waals surface area contributed by atoms with Crippen LogP contribution in [0.2, 0.25) is 0 Å². The van der Waals surface area contributed by atoms with Crippen LogP contribution < -0.4 is 0 Å². The van der Waals surface area contributed by atoms with Crippen LogP contribution in [0.4, 0.5) is 0 Å². The minimum atomic E-state index is -0.733.